The predicted octanol–water partition coefficient (Wildman–Crippen LogP) is 1.25. The van der Waals surface area contributed by atoms with Crippen LogP contribution in [-0.2, 0) is 4.79 Å². The van der Waals surface area contributed by atoms with Gasteiger partial charge in [-0.1, -0.05) is 23.4 Å². The van der Waals surface area contributed by atoms with Crippen molar-refractivity contribution in [2.45, 2.75) is 17.3 Å². The summed E-state index contributed by atoms with van der Waals surface area (Å²) in [5.41, 5.74) is 0.718. The van der Waals surface area contributed by atoms with Crippen molar-refractivity contribution in [1.82, 2.24) is 30.8 Å². The lowest BCUT2D eigenvalue weighted by atomic mass is 10.3. The molecule has 1 atom stereocenters. The molecule has 0 aliphatic rings. The number of nitrogens with zero attached hydrogens (tertiary/aromatic N) is 4. The van der Waals surface area contributed by atoms with Crippen LogP contribution in [-0.4, -0.2) is 44.4 Å². The van der Waals surface area contributed by atoms with Crippen LogP contribution in [0.1, 0.15) is 6.92 Å². The van der Waals surface area contributed by atoms with E-state index in [4.69, 9.17) is 11.6 Å². The van der Waals surface area contributed by atoms with Gasteiger partial charge >= 0.3 is 6.03 Å². The lowest BCUT2D eigenvalue weighted by Crippen LogP contribution is -2.41. The van der Waals surface area contributed by atoms with E-state index in [1.165, 1.54) is 11.7 Å². The van der Waals surface area contributed by atoms with Gasteiger partial charge < -0.3 is 5.32 Å². The van der Waals surface area contributed by atoms with E-state index in [2.05, 4.69) is 26.2 Å². The van der Waals surface area contributed by atoms with E-state index < -0.39 is 17.2 Å². The minimum atomic E-state index is -0.560. The Hall–Kier alpha value is -2.13. The van der Waals surface area contributed by atoms with E-state index >= 15 is 0 Å². The van der Waals surface area contributed by atoms with Crippen molar-refractivity contribution in [2.75, 3.05) is 7.05 Å². The Balaban J connectivity index is 2.11. The van der Waals surface area contributed by atoms with Gasteiger partial charge in [-0.25, -0.2) is 4.79 Å². The molecule has 1 heterocycles. The van der Waals surface area contributed by atoms with Crippen molar-refractivity contribution in [3.05, 3.63) is 29.3 Å². The zero-order chi connectivity index (χ0) is 16.1. The third kappa shape index (κ3) is 3.95. The van der Waals surface area contributed by atoms with Crippen LogP contribution >= 0.6 is 23.4 Å². The van der Waals surface area contributed by atoms with Crippen molar-refractivity contribution in [2.24, 2.45) is 0 Å². The van der Waals surface area contributed by atoms with Gasteiger partial charge in [0.05, 0.1) is 10.9 Å². The summed E-state index contributed by atoms with van der Waals surface area (Å²) >= 11 is 6.98. The highest BCUT2D eigenvalue weighted by Crippen LogP contribution is 2.23. The van der Waals surface area contributed by atoms with E-state index in [0.29, 0.717) is 10.2 Å². The molecule has 1 aromatic carbocycles. The molecule has 22 heavy (non-hydrogen) atoms. The summed E-state index contributed by atoms with van der Waals surface area (Å²) in [6.07, 6.45) is 0. The number of hydrogen-bond donors (Lipinski definition) is 2. The summed E-state index contributed by atoms with van der Waals surface area (Å²) in [5.74, 6) is -0.435. The topological polar surface area (TPSA) is 102 Å². The number of aromatic nitrogens is 4. The fourth-order valence-electron chi connectivity index (χ4n) is 1.48. The number of nitrogens with one attached hydrogen (secondary N) is 2. The maximum atomic E-state index is 11.8. The molecule has 0 aliphatic carbocycles. The number of carbonyl (C=O) groups is 2. The van der Waals surface area contributed by atoms with Crippen LogP contribution in [0.3, 0.4) is 0 Å². The quantitative estimate of drug-likeness (QED) is 0.812. The van der Waals surface area contributed by atoms with E-state index in [1.807, 2.05) is 0 Å². The largest absolute Gasteiger partial charge is 0.341 e. The fraction of sp³-hybridized carbons (Fsp3) is 0.250. The van der Waals surface area contributed by atoms with Gasteiger partial charge in [0.2, 0.25) is 11.1 Å². The van der Waals surface area contributed by atoms with Gasteiger partial charge in [0.25, 0.3) is 0 Å². The fourth-order valence-corrected chi connectivity index (χ4v) is 2.42. The maximum Gasteiger partial charge on any atom is 0.321 e. The highest BCUT2D eigenvalue weighted by molar-refractivity contribution is 8.00. The molecule has 2 aromatic rings. The Morgan fingerprint density at radius 1 is 1.32 bits per heavy atom. The number of tetrazole rings is 1. The highest BCUT2D eigenvalue weighted by Gasteiger charge is 2.20. The second-order valence-electron chi connectivity index (χ2n) is 4.18. The molecule has 10 heteroatoms. The van der Waals surface area contributed by atoms with Crippen molar-refractivity contribution < 1.29 is 9.59 Å². The first-order valence-electron chi connectivity index (χ1n) is 6.25. The maximum absolute atomic E-state index is 11.8. The molecular formula is C12H13ClN6O2S. The monoisotopic (exact) mass is 340 g/mol. The van der Waals surface area contributed by atoms with Crippen LogP contribution in [0.5, 0.6) is 0 Å². The molecular weight excluding hydrogens is 328 g/mol. The minimum Gasteiger partial charge on any atom is -0.341 e. The molecule has 0 spiro atoms. The standard InChI is InChI=1S/C12H13ClN6O2S/c1-7(10(20)15-11(21)14-2)22-12-16-17-18-19(12)9-5-3-8(13)4-6-9/h3-7H,1-2H3,(H2,14,15,20,21)/t7-/m1/s1. The Labute approximate surface area is 135 Å². The van der Waals surface area contributed by atoms with Gasteiger partial charge in [0.15, 0.2) is 0 Å². The summed E-state index contributed by atoms with van der Waals surface area (Å²) in [6.45, 7) is 1.66. The third-order valence-corrected chi connectivity index (χ3v) is 3.91. The van der Waals surface area contributed by atoms with Gasteiger partial charge in [0.1, 0.15) is 0 Å². The molecule has 0 saturated heterocycles. The first-order chi connectivity index (χ1) is 10.5. The van der Waals surface area contributed by atoms with Gasteiger partial charge in [-0.05, 0) is 41.6 Å². The molecule has 0 fully saturated rings. The van der Waals surface area contributed by atoms with Gasteiger partial charge in [-0.15, -0.1) is 5.10 Å². The van der Waals surface area contributed by atoms with Crippen LogP contribution in [0, 0.1) is 0 Å². The number of imide groups is 1. The van der Waals surface area contributed by atoms with E-state index in [1.54, 1.807) is 31.2 Å². The Morgan fingerprint density at radius 3 is 2.64 bits per heavy atom. The van der Waals surface area contributed by atoms with Crippen LogP contribution in [0.2, 0.25) is 5.02 Å². The molecule has 8 nitrogen and oxygen atoms in total. The van der Waals surface area contributed by atoms with E-state index in [9.17, 15) is 9.59 Å². The summed E-state index contributed by atoms with van der Waals surface area (Å²) < 4.78 is 1.49. The Kier molecular flexibility index (Phi) is 5.34. The number of halogens is 1. The average Bonchev–Trinajstić information content (AvgIpc) is 2.95. The second kappa shape index (κ2) is 7.23. The molecule has 3 amide bonds. The highest BCUT2D eigenvalue weighted by atomic mass is 35.5. The predicted molar refractivity (Wildman–Crippen MR) is 82.1 cm³/mol. The average molecular weight is 341 g/mol. The van der Waals surface area contributed by atoms with Crippen LogP contribution in [0.25, 0.3) is 5.69 Å². The Morgan fingerprint density at radius 2 is 2.00 bits per heavy atom. The van der Waals surface area contributed by atoms with Crippen LogP contribution < -0.4 is 10.6 Å². The number of amides is 3. The normalized spacial score (nSPS) is 11.8. The molecule has 2 N–H and O–H groups in total. The number of carbonyl (C=O) groups excluding carboxylic acids is 2. The van der Waals surface area contributed by atoms with Crippen molar-refractivity contribution in [3.8, 4) is 5.69 Å². The summed E-state index contributed by atoms with van der Waals surface area (Å²) in [6, 6.07) is 6.40. The van der Waals surface area contributed by atoms with Crippen molar-refractivity contribution in [3.63, 3.8) is 0 Å². The van der Waals surface area contributed by atoms with Gasteiger partial charge in [-0.3, -0.25) is 10.1 Å². The first kappa shape index (κ1) is 16.2. The Bertz CT molecular complexity index is 675. The summed E-state index contributed by atoms with van der Waals surface area (Å²) in [4.78, 5) is 23.0. The first-order valence-corrected chi connectivity index (χ1v) is 7.50. The lowest BCUT2D eigenvalue weighted by molar-refractivity contribution is -0.119. The number of benzene rings is 1. The molecule has 0 aliphatic heterocycles. The summed E-state index contributed by atoms with van der Waals surface area (Å²) in [7, 11) is 1.43. The molecule has 0 unspecified atom stereocenters. The summed E-state index contributed by atoms with van der Waals surface area (Å²) in [5, 5.41) is 16.4. The zero-order valence-electron chi connectivity index (χ0n) is 11.8. The second-order valence-corrected chi connectivity index (χ2v) is 5.92. The SMILES string of the molecule is CNC(=O)NC(=O)[C@@H](C)Sc1nnnn1-c1ccc(Cl)cc1. The number of rotatable bonds is 4. The number of thioether (sulfide) groups is 1. The zero-order valence-corrected chi connectivity index (χ0v) is 13.4. The van der Waals surface area contributed by atoms with Gasteiger partial charge in [0, 0.05) is 12.1 Å². The smallest absolute Gasteiger partial charge is 0.321 e. The van der Waals surface area contributed by atoms with Gasteiger partial charge in [-0.2, -0.15) is 4.68 Å². The minimum absolute atomic E-state index is 0.432. The van der Waals surface area contributed by atoms with E-state index in [0.717, 1.165) is 17.4 Å². The number of urea groups is 1. The van der Waals surface area contributed by atoms with Crippen molar-refractivity contribution in [1.29, 1.82) is 0 Å². The third-order valence-electron chi connectivity index (χ3n) is 2.63. The lowest BCUT2D eigenvalue weighted by Gasteiger charge is -2.10. The number of hydrogen-bond acceptors (Lipinski definition) is 6. The van der Waals surface area contributed by atoms with Crippen LogP contribution in [0.15, 0.2) is 29.4 Å². The van der Waals surface area contributed by atoms with Crippen molar-refractivity contribution >= 4 is 35.3 Å². The molecule has 2 rings (SSSR count). The molecule has 0 saturated carbocycles. The molecule has 0 radical (unpaired) electrons. The molecule has 116 valence electrons. The molecule has 1 aromatic heterocycles. The van der Waals surface area contributed by atoms with E-state index in [-0.39, 0.29) is 0 Å². The molecule has 0 bridgehead atoms. The van der Waals surface area contributed by atoms with Crippen LogP contribution in [0.4, 0.5) is 4.79 Å².